The molecule has 0 spiro atoms. The van der Waals surface area contributed by atoms with Crippen molar-refractivity contribution in [3.63, 3.8) is 0 Å². The number of rotatable bonds is 5. The third-order valence-electron chi connectivity index (χ3n) is 3.14. The molecule has 0 fully saturated rings. The van der Waals surface area contributed by atoms with Crippen LogP contribution in [0.4, 0.5) is 5.13 Å². The van der Waals surface area contributed by atoms with Crippen molar-refractivity contribution in [1.29, 1.82) is 0 Å². The van der Waals surface area contributed by atoms with Crippen molar-refractivity contribution in [1.82, 2.24) is 9.97 Å². The maximum atomic E-state index is 12.1. The van der Waals surface area contributed by atoms with E-state index >= 15 is 0 Å². The first-order valence-electron chi connectivity index (χ1n) is 7.57. The molecule has 0 bridgehead atoms. The van der Waals surface area contributed by atoms with E-state index in [-0.39, 0.29) is 12.0 Å². The van der Waals surface area contributed by atoms with E-state index in [0.29, 0.717) is 10.8 Å². The van der Waals surface area contributed by atoms with E-state index in [0.717, 1.165) is 17.0 Å². The van der Waals surface area contributed by atoms with Crippen molar-refractivity contribution >= 4 is 22.4 Å². The summed E-state index contributed by atoms with van der Waals surface area (Å²) in [6.07, 6.45) is 1.73. The first-order valence-corrected chi connectivity index (χ1v) is 8.45. The molecule has 1 aromatic carbocycles. The zero-order chi connectivity index (χ0) is 16.9. The Kier molecular flexibility index (Phi) is 4.86. The third kappa shape index (κ3) is 3.97. The molecule has 6 heteroatoms. The summed E-state index contributed by atoms with van der Waals surface area (Å²) in [7, 11) is 0. The van der Waals surface area contributed by atoms with E-state index in [1.165, 1.54) is 11.3 Å². The van der Waals surface area contributed by atoms with Crippen LogP contribution in [0, 0.1) is 0 Å². The van der Waals surface area contributed by atoms with Crippen molar-refractivity contribution in [2.75, 3.05) is 5.32 Å². The molecule has 0 aliphatic heterocycles. The largest absolute Gasteiger partial charge is 0.491 e. The fourth-order valence-electron chi connectivity index (χ4n) is 2.10. The molecule has 3 rings (SSSR count). The number of pyridine rings is 1. The zero-order valence-electron chi connectivity index (χ0n) is 13.4. The second kappa shape index (κ2) is 7.23. The quantitative estimate of drug-likeness (QED) is 0.755. The Morgan fingerprint density at radius 1 is 1.17 bits per heavy atom. The van der Waals surface area contributed by atoms with Crippen molar-refractivity contribution < 1.29 is 9.53 Å². The molecule has 2 aromatic heterocycles. The van der Waals surface area contributed by atoms with Crippen LogP contribution in [0.2, 0.25) is 0 Å². The predicted molar refractivity (Wildman–Crippen MR) is 95.5 cm³/mol. The van der Waals surface area contributed by atoms with Gasteiger partial charge in [-0.15, -0.1) is 11.3 Å². The van der Waals surface area contributed by atoms with Crippen LogP contribution in [0.5, 0.6) is 5.75 Å². The normalized spacial score (nSPS) is 10.6. The number of nitrogens with one attached hydrogen (secondary N) is 1. The van der Waals surface area contributed by atoms with Gasteiger partial charge < -0.3 is 4.74 Å². The number of hydrogen-bond donors (Lipinski definition) is 1. The van der Waals surface area contributed by atoms with Gasteiger partial charge in [0.05, 0.1) is 11.8 Å². The maximum Gasteiger partial charge on any atom is 0.276 e. The minimum atomic E-state index is -0.266. The summed E-state index contributed by atoms with van der Waals surface area (Å²) in [5, 5.41) is 5.22. The molecule has 0 saturated carbocycles. The van der Waals surface area contributed by atoms with Gasteiger partial charge in [-0.2, -0.15) is 0 Å². The Morgan fingerprint density at radius 2 is 1.96 bits per heavy atom. The predicted octanol–water partition coefficient (Wildman–Crippen LogP) is 4.24. The van der Waals surface area contributed by atoms with Crippen LogP contribution in [-0.4, -0.2) is 22.0 Å². The summed E-state index contributed by atoms with van der Waals surface area (Å²) in [5.41, 5.74) is 2.15. The highest BCUT2D eigenvalue weighted by atomic mass is 32.1. The molecule has 0 aliphatic rings. The molecule has 1 amide bonds. The molecule has 0 atom stereocenters. The summed E-state index contributed by atoms with van der Waals surface area (Å²) in [4.78, 5) is 20.6. The van der Waals surface area contributed by atoms with E-state index in [1.807, 2.05) is 43.5 Å². The average molecular weight is 339 g/mol. The van der Waals surface area contributed by atoms with E-state index in [1.54, 1.807) is 24.4 Å². The SMILES string of the molecule is CC(C)Oc1ccc(-c2csc(NC(=O)c3ccccn3)n2)cc1. The highest BCUT2D eigenvalue weighted by molar-refractivity contribution is 7.14. The second-order valence-electron chi connectivity index (χ2n) is 5.40. The number of benzene rings is 1. The number of carbonyl (C=O) groups is 1. The molecule has 5 nitrogen and oxygen atoms in total. The summed E-state index contributed by atoms with van der Waals surface area (Å²) in [5.74, 6) is 0.560. The van der Waals surface area contributed by atoms with Gasteiger partial charge in [0, 0.05) is 17.1 Å². The highest BCUT2D eigenvalue weighted by Gasteiger charge is 2.10. The van der Waals surface area contributed by atoms with E-state index in [2.05, 4.69) is 15.3 Å². The van der Waals surface area contributed by atoms with Gasteiger partial charge in [0.25, 0.3) is 5.91 Å². The highest BCUT2D eigenvalue weighted by Crippen LogP contribution is 2.27. The Labute approximate surface area is 144 Å². The summed E-state index contributed by atoms with van der Waals surface area (Å²) < 4.78 is 5.63. The number of anilines is 1. The van der Waals surface area contributed by atoms with E-state index < -0.39 is 0 Å². The lowest BCUT2D eigenvalue weighted by molar-refractivity contribution is 0.102. The Bertz CT molecular complexity index is 814. The minimum Gasteiger partial charge on any atom is -0.491 e. The van der Waals surface area contributed by atoms with Gasteiger partial charge in [0.15, 0.2) is 5.13 Å². The zero-order valence-corrected chi connectivity index (χ0v) is 14.2. The van der Waals surface area contributed by atoms with Gasteiger partial charge in [-0.1, -0.05) is 6.07 Å². The van der Waals surface area contributed by atoms with Crippen LogP contribution in [0.1, 0.15) is 24.3 Å². The van der Waals surface area contributed by atoms with Gasteiger partial charge in [-0.25, -0.2) is 4.98 Å². The van der Waals surface area contributed by atoms with E-state index in [4.69, 9.17) is 4.74 Å². The molecule has 3 aromatic rings. The standard InChI is InChI=1S/C18H17N3O2S/c1-12(2)23-14-8-6-13(7-9-14)16-11-24-18(20-16)21-17(22)15-5-3-4-10-19-15/h3-12H,1-2H3,(H,20,21,22). The Hall–Kier alpha value is -2.73. The van der Waals surface area contributed by atoms with Crippen molar-refractivity contribution in [3.8, 4) is 17.0 Å². The van der Waals surface area contributed by atoms with Crippen LogP contribution in [0.3, 0.4) is 0 Å². The fourth-order valence-corrected chi connectivity index (χ4v) is 2.81. The first-order chi connectivity index (χ1) is 11.6. The first kappa shape index (κ1) is 16.1. The number of hydrogen-bond acceptors (Lipinski definition) is 5. The molecule has 0 aliphatic carbocycles. The molecular weight excluding hydrogens is 322 g/mol. The smallest absolute Gasteiger partial charge is 0.276 e. The second-order valence-corrected chi connectivity index (χ2v) is 6.26. The molecule has 24 heavy (non-hydrogen) atoms. The third-order valence-corrected chi connectivity index (χ3v) is 3.90. The number of carbonyl (C=O) groups excluding carboxylic acids is 1. The molecule has 0 unspecified atom stereocenters. The lowest BCUT2D eigenvalue weighted by Crippen LogP contribution is -2.13. The van der Waals surface area contributed by atoms with Crippen molar-refractivity contribution in [3.05, 3.63) is 59.7 Å². The topological polar surface area (TPSA) is 64.1 Å². The minimum absolute atomic E-state index is 0.142. The molecule has 0 saturated heterocycles. The van der Waals surface area contributed by atoms with Gasteiger partial charge in [0.1, 0.15) is 11.4 Å². The van der Waals surface area contributed by atoms with Gasteiger partial charge in [0.2, 0.25) is 0 Å². The van der Waals surface area contributed by atoms with Crippen LogP contribution in [-0.2, 0) is 0 Å². The monoisotopic (exact) mass is 339 g/mol. The Morgan fingerprint density at radius 3 is 2.62 bits per heavy atom. The lowest BCUT2D eigenvalue weighted by atomic mass is 10.2. The molecule has 1 N–H and O–H groups in total. The lowest BCUT2D eigenvalue weighted by Gasteiger charge is -2.09. The number of aromatic nitrogens is 2. The van der Waals surface area contributed by atoms with Crippen LogP contribution in [0.15, 0.2) is 54.0 Å². The van der Waals surface area contributed by atoms with Crippen LogP contribution in [0.25, 0.3) is 11.3 Å². The maximum absolute atomic E-state index is 12.1. The number of amides is 1. The van der Waals surface area contributed by atoms with Gasteiger partial charge in [-0.05, 0) is 50.2 Å². The fraction of sp³-hybridized carbons (Fsp3) is 0.167. The van der Waals surface area contributed by atoms with Crippen LogP contribution >= 0.6 is 11.3 Å². The van der Waals surface area contributed by atoms with Crippen molar-refractivity contribution in [2.24, 2.45) is 0 Å². The van der Waals surface area contributed by atoms with Crippen LogP contribution < -0.4 is 10.1 Å². The van der Waals surface area contributed by atoms with Gasteiger partial charge >= 0.3 is 0 Å². The molecular formula is C18H17N3O2S. The molecule has 0 radical (unpaired) electrons. The summed E-state index contributed by atoms with van der Waals surface area (Å²) in [6.45, 7) is 3.98. The average Bonchev–Trinajstić information content (AvgIpc) is 3.04. The molecule has 2 heterocycles. The molecule has 122 valence electrons. The van der Waals surface area contributed by atoms with E-state index in [9.17, 15) is 4.79 Å². The van der Waals surface area contributed by atoms with Crippen molar-refractivity contribution in [2.45, 2.75) is 20.0 Å². The summed E-state index contributed by atoms with van der Waals surface area (Å²) in [6, 6.07) is 13.0. The number of ether oxygens (including phenoxy) is 1. The van der Waals surface area contributed by atoms with Gasteiger partial charge in [-0.3, -0.25) is 15.1 Å². The Balaban J connectivity index is 1.70. The number of nitrogens with zero attached hydrogens (tertiary/aromatic N) is 2. The summed E-state index contributed by atoms with van der Waals surface area (Å²) >= 11 is 1.38. The number of thiazole rings is 1.